The predicted molar refractivity (Wildman–Crippen MR) is 165 cm³/mol. The molecule has 0 saturated carbocycles. The highest BCUT2D eigenvalue weighted by Gasteiger charge is 2.51. The normalized spacial score (nSPS) is 26.1. The predicted octanol–water partition coefficient (Wildman–Crippen LogP) is 4.87. The van der Waals surface area contributed by atoms with E-state index in [4.69, 9.17) is 16.1 Å². The first-order valence-electron chi connectivity index (χ1n) is 15.2. The second-order valence-corrected chi connectivity index (χ2v) is 12.8. The number of aromatic hydroxyl groups is 1. The number of pyridine rings is 1. The lowest BCUT2D eigenvalue weighted by atomic mass is 9.92. The molecule has 230 valence electrons. The van der Waals surface area contributed by atoms with Crippen molar-refractivity contribution in [2.75, 3.05) is 37.7 Å². The molecule has 5 aliphatic heterocycles. The molecule has 4 atom stereocenters. The van der Waals surface area contributed by atoms with Crippen molar-refractivity contribution >= 4 is 27.5 Å². The molecule has 2 aromatic heterocycles. The van der Waals surface area contributed by atoms with Crippen LogP contribution in [0.25, 0.3) is 32.9 Å². The molecule has 0 spiro atoms. The Hall–Kier alpha value is -4.40. The van der Waals surface area contributed by atoms with Crippen LogP contribution in [0.15, 0.2) is 42.6 Å². The number of nitrogens with zero attached hydrogens (tertiary/aromatic N) is 5. The van der Waals surface area contributed by atoms with E-state index < -0.39 is 23.3 Å². The summed E-state index contributed by atoms with van der Waals surface area (Å²) in [7, 11) is 0. The Bertz CT molecular complexity index is 1940. The van der Waals surface area contributed by atoms with Crippen molar-refractivity contribution in [2.24, 2.45) is 0 Å². The molecule has 5 fully saturated rings. The minimum atomic E-state index is -0.966. The molecule has 8 nitrogen and oxygen atoms in total. The van der Waals surface area contributed by atoms with Crippen LogP contribution in [0.2, 0.25) is 0 Å². The number of phenols is 1. The summed E-state index contributed by atoms with van der Waals surface area (Å²) in [6, 6.07) is 5.85. The molecule has 0 radical (unpaired) electrons. The van der Waals surface area contributed by atoms with Gasteiger partial charge in [0.25, 0.3) is 0 Å². The smallest absolute Gasteiger partial charge is 0.319 e. The average molecular weight is 613 g/mol. The fourth-order valence-electron chi connectivity index (χ4n) is 7.86. The Labute approximate surface area is 257 Å². The summed E-state index contributed by atoms with van der Waals surface area (Å²) in [4.78, 5) is 18.1. The lowest BCUT2D eigenvalue weighted by molar-refractivity contribution is 0.107. The second kappa shape index (κ2) is 10.3. The van der Waals surface area contributed by atoms with Crippen LogP contribution >= 0.6 is 0 Å². The number of terminal acetylenes is 1. The number of hydrogen-bond donors (Lipinski definition) is 2. The van der Waals surface area contributed by atoms with Crippen LogP contribution in [0, 0.1) is 24.0 Å². The molecule has 9 rings (SSSR count). The van der Waals surface area contributed by atoms with Crippen LogP contribution in [0.3, 0.4) is 0 Å². The van der Waals surface area contributed by atoms with Gasteiger partial charge in [-0.05, 0) is 42.8 Å². The van der Waals surface area contributed by atoms with Crippen molar-refractivity contribution < 1.29 is 23.0 Å². The molecule has 2 bridgehead atoms. The zero-order chi connectivity index (χ0) is 31.0. The quantitative estimate of drug-likeness (QED) is 0.244. The Morgan fingerprint density at radius 2 is 2.07 bits per heavy atom. The van der Waals surface area contributed by atoms with Gasteiger partial charge in [-0.1, -0.05) is 24.1 Å². The SMILES string of the molecule is C#Cc1c(F)ccc2cc(O)cc(-c3ncc4c(N5CC6CCC5CN6)nc(OC[C@]56CC(=C)CN5C[C@@H](F)C6)nc4c3F)c12. The molecule has 11 heteroatoms. The second-order valence-electron chi connectivity index (χ2n) is 12.8. The van der Waals surface area contributed by atoms with Gasteiger partial charge in [0.15, 0.2) is 5.82 Å². The van der Waals surface area contributed by atoms with Crippen molar-refractivity contribution in [3.8, 4) is 35.4 Å². The number of piperazine rings is 1. The van der Waals surface area contributed by atoms with Crippen molar-refractivity contribution in [1.29, 1.82) is 0 Å². The monoisotopic (exact) mass is 612 g/mol. The number of benzene rings is 2. The van der Waals surface area contributed by atoms with Gasteiger partial charge in [-0.3, -0.25) is 9.88 Å². The summed E-state index contributed by atoms with van der Waals surface area (Å²) in [6.45, 7) is 6.64. The maximum Gasteiger partial charge on any atom is 0.319 e. The van der Waals surface area contributed by atoms with Gasteiger partial charge in [-0.15, -0.1) is 6.42 Å². The fourth-order valence-corrected chi connectivity index (χ4v) is 7.86. The zero-order valence-electron chi connectivity index (χ0n) is 24.5. The molecule has 5 saturated heterocycles. The van der Waals surface area contributed by atoms with E-state index in [-0.39, 0.29) is 58.2 Å². The van der Waals surface area contributed by atoms with E-state index in [0.29, 0.717) is 49.1 Å². The first kappa shape index (κ1) is 28.1. The highest BCUT2D eigenvalue weighted by Crippen LogP contribution is 2.43. The molecule has 5 aliphatic rings. The van der Waals surface area contributed by atoms with E-state index in [1.807, 2.05) is 0 Å². The standard InChI is InChI=1S/C34H31F3N6O2/c1-3-24-27(36)7-4-19-8-23(44)9-25(28(19)24)30-29(37)31-26(13-39-30)32(43-16-21-5-6-22(43)12-38-21)41-33(40-31)45-17-34-10-18(2)14-42(34)15-20(35)11-34/h1,4,7-9,13,20-22,38,44H,2,5-6,10-12,14-17H2/t20-,21?,22?,34+/m0/s1. The number of piperidine rings is 2. The number of phenolic OH excluding ortho intramolecular Hbond substituents is 1. The summed E-state index contributed by atoms with van der Waals surface area (Å²) in [5.41, 5.74) is 0.379. The average Bonchev–Trinajstić information content (AvgIpc) is 3.50. The fraction of sp³-hybridized carbons (Fsp3) is 0.382. The molecule has 2 aromatic carbocycles. The molecule has 4 aromatic rings. The maximum absolute atomic E-state index is 16.8. The summed E-state index contributed by atoms with van der Waals surface area (Å²) < 4.78 is 52.4. The van der Waals surface area contributed by atoms with Gasteiger partial charge in [-0.25, -0.2) is 13.2 Å². The molecule has 7 heterocycles. The molecule has 45 heavy (non-hydrogen) atoms. The van der Waals surface area contributed by atoms with Gasteiger partial charge in [0.2, 0.25) is 0 Å². The van der Waals surface area contributed by atoms with Gasteiger partial charge in [-0.2, -0.15) is 9.97 Å². The van der Waals surface area contributed by atoms with E-state index in [1.54, 1.807) is 0 Å². The highest BCUT2D eigenvalue weighted by atomic mass is 19.1. The number of fused-ring (bicyclic) bond motifs is 6. The largest absolute Gasteiger partial charge is 0.508 e. The number of halogens is 3. The molecular weight excluding hydrogens is 581 g/mol. The number of hydrogen-bond acceptors (Lipinski definition) is 8. The summed E-state index contributed by atoms with van der Waals surface area (Å²) >= 11 is 0. The van der Waals surface area contributed by atoms with Gasteiger partial charge < -0.3 is 20.1 Å². The van der Waals surface area contributed by atoms with E-state index in [1.165, 1.54) is 30.5 Å². The Morgan fingerprint density at radius 1 is 1.20 bits per heavy atom. The van der Waals surface area contributed by atoms with Gasteiger partial charge in [0.05, 0.1) is 16.5 Å². The van der Waals surface area contributed by atoms with Crippen LogP contribution in [0.1, 0.15) is 31.2 Å². The van der Waals surface area contributed by atoms with Gasteiger partial charge >= 0.3 is 6.01 Å². The molecule has 2 unspecified atom stereocenters. The number of rotatable bonds is 5. The molecular formula is C34H31F3N6O2. The lowest BCUT2D eigenvalue weighted by Gasteiger charge is -2.46. The maximum atomic E-state index is 16.8. The van der Waals surface area contributed by atoms with Crippen LogP contribution < -0.4 is 15.0 Å². The molecule has 2 N–H and O–H groups in total. The number of ether oxygens (including phenoxy) is 1. The Kier molecular flexibility index (Phi) is 6.45. The highest BCUT2D eigenvalue weighted by molar-refractivity contribution is 6.03. The summed E-state index contributed by atoms with van der Waals surface area (Å²) in [6.07, 6.45) is 9.14. The van der Waals surface area contributed by atoms with Gasteiger partial charge in [0, 0.05) is 61.8 Å². The third kappa shape index (κ3) is 4.50. The number of anilines is 1. The van der Waals surface area contributed by atoms with Crippen molar-refractivity contribution in [3.63, 3.8) is 0 Å². The van der Waals surface area contributed by atoms with Crippen molar-refractivity contribution in [3.05, 3.63) is 59.8 Å². The Balaban J connectivity index is 1.28. The third-order valence-electron chi connectivity index (χ3n) is 9.87. The third-order valence-corrected chi connectivity index (χ3v) is 9.87. The molecule has 0 aliphatic carbocycles. The number of aromatic nitrogens is 3. The first-order valence-corrected chi connectivity index (χ1v) is 15.2. The van der Waals surface area contributed by atoms with E-state index in [9.17, 15) is 13.9 Å². The van der Waals surface area contributed by atoms with Crippen molar-refractivity contribution in [2.45, 2.75) is 49.5 Å². The minimum absolute atomic E-state index is 0.0202. The van der Waals surface area contributed by atoms with Crippen LogP contribution in [0.4, 0.5) is 19.0 Å². The van der Waals surface area contributed by atoms with E-state index >= 15 is 4.39 Å². The van der Waals surface area contributed by atoms with Crippen LogP contribution in [-0.4, -0.2) is 81.5 Å². The van der Waals surface area contributed by atoms with Gasteiger partial charge in [0.1, 0.15) is 41.4 Å². The summed E-state index contributed by atoms with van der Waals surface area (Å²) in [5, 5.41) is 15.2. The minimum Gasteiger partial charge on any atom is -0.508 e. The van der Waals surface area contributed by atoms with Crippen LogP contribution in [-0.2, 0) is 0 Å². The lowest BCUT2D eigenvalue weighted by Crippen LogP contribution is -2.61. The van der Waals surface area contributed by atoms with Crippen molar-refractivity contribution in [1.82, 2.24) is 25.2 Å². The zero-order valence-corrected chi connectivity index (χ0v) is 24.5. The topological polar surface area (TPSA) is 86.6 Å². The number of nitrogens with one attached hydrogen (secondary N) is 1. The summed E-state index contributed by atoms with van der Waals surface area (Å²) in [5.74, 6) is 1.31. The van der Waals surface area contributed by atoms with Crippen LogP contribution in [0.5, 0.6) is 11.8 Å². The molecule has 0 amide bonds. The van der Waals surface area contributed by atoms with E-state index in [2.05, 4.69) is 37.6 Å². The Morgan fingerprint density at radius 3 is 2.82 bits per heavy atom. The first-order chi connectivity index (χ1) is 21.7. The van der Waals surface area contributed by atoms with E-state index in [0.717, 1.165) is 25.0 Å². The number of alkyl halides is 1.